The van der Waals surface area contributed by atoms with Gasteiger partial charge in [0.15, 0.2) is 0 Å². The Balaban J connectivity index is 2.41. The molecule has 0 spiro atoms. The van der Waals surface area contributed by atoms with E-state index in [1.165, 1.54) is 17.8 Å². The molecule has 5 heteroatoms. The van der Waals surface area contributed by atoms with Crippen molar-refractivity contribution in [2.24, 2.45) is 0 Å². The molecular weight excluding hydrogens is 235 g/mol. The van der Waals surface area contributed by atoms with Crippen molar-refractivity contribution in [3.63, 3.8) is 0 Å². The van der Waals surface area contributed by atoms with Crippen molar-refractivity contribution in [1.82, 2.24) is 0 Å². The van der Waals surface area contributed by atoms with Crippen LogP contribution in [-0.4, -0.2) is 0 Å². The Bertz CT molecular complexity index is 463. The Kier molecular flexibility index (Phi) is 2.66. The standard InChI is InChI=1S/C11H10F3NS/c1-6-7(2)16-10-4-3-8(11(12,13)14)5-9(10)15-6/h3-5,15H,1-2H3. The van der Waals surface area contributed by atoms with E-state index in [9.17, 15) is 13.2 Å². The number of allylic oxidation sites excluding steroid dienone is 2. The number of fused-ring (bicyclic) bond motifs is 1. The lowest BCUT2D eigenvalue weighted by Gasteiger charge is -2.21. The number of hydrogen-bond donors (Lipinski definition) is 1. The average Bonchev–Trinajstić information content (AvgIpc) is 2.17. The Morgan fingerprint density at radius 3 is 2.50 bits per heavy atom. The topological polar surface area (TPSA) is 12.0 Å². The summed E-state index contributed by atoms with van der Waals surface area (Å²) in [6, 6.07) is 3.77. The third-order valence-electron chi connectivity index (χ3n) is 2.42. The number of halogens is 3. The number of rotatable bonds is 0. The van der Waals surface area contributed by atoms with Crippen molar-refractivity contribution >= 4 is 17.4 Å². The van der Waals surface area contributed by atoms with Gasteiger partial charge in [-0.15, -0.1) is 0 Å². The summed E-state index contributed by atoms with van der Waals surface area (Å²) < 4.78 is 37.5. The zero-order valence-electron chi connectivity index (χ0n) is 8.77. The van der Waals surface area contributed by atoms with Gasteiger partial charge in [0.05, 0.1) is 11.3 Å². The molecule has 0 saturated carbocycles. The second-order valence-corrected chi connectivity index (χ2v) is 4.87. The Labute approximate surface area is 95.7 Å². The molecule has 0 fully saturated rings. The smallest absolute Gasteiger partial charge is 0.358 e. The summed E-state index contributed by atoms with van der Waals surface area (Å²) in [6.45, 7) is 3.79. The van der Waals surface area contributed by atoms with E-state index < -0.39 is 11.7 Å². The zero-order chi connectivity index (χ0) is 11.9. The highest BCUT2D eigenvalue weighted by Gasteiger charge is 2.31. The molecule has 0 radical (unpaired) electrons. The fourth-order valence-electron chi connectivity index (χ4n) is 1.42. The molecule has 0 atom stereocenters. The molecule has 1 aromatic rings. The molecule has 0 unspecified atom stereocenters. The molecular formula is C11H10F3NS. The van der Waals surface area contributed by atoms with E-state index >= 15 is 0 Å². The van der Waals surface area contributed by atoms with Crippen molar-refractivity contribution in [3.8, 4) is 0 Å². The minimum atomic E-state index is -4.29. The van der Waals surface area contributed by atoms with Crippen LogP contribution in [0, 0.1) is 0 Å². The minimum absolute atomic E-state index is 0.530. The van der Waals surface area contributed by atoms with Crippen molar-refractivity contribution < 1.29 is 13.2 Å². The number of benzene rings is 1. The third-order valence-corrected chi connectivity index (χ3v) is 3.61. The fraction of sp³-hybridized carbons (Fsp3) is 0.273. The molecule has 0 amide bonds. The summed E-state index contributed by atoms with van der Waals surface area (Å²) in [7, 11) is 0. The Hall–Kier alpha value is -1.10. The van der Waals surface area contributed by atoms with E-state index in [2.05, 4.69) is 5.32 Å². The van der Waals surface area contributed by atoms with Gasteiger partial charge >= 0.3 is 6.18 Å². The normalized spacial score (nSPS) is 15.8. The molecule has 0 aliphatic carbocycles. The van der Waals surface area contributed by atoms with Crippen LogP contribution in [0.3, 0.4) is 0 Å². The first-order valence-corrected chi connectivity index (χ1v) is 5.53. The molecule has 0 aromatic heterocycles. The van der Waals surface area contributed by atoms with Gasteiger partial charge in [0.1, 0.15) is 0 Å². The molecule has 16 heavy (non-hydrogen) atoms. The summed E-state index contributed by atoms with van der Waals surface area (Å²) in [5, 5.41) is 2.98. The molecule has 0 bridgehead atoms. The second-order valence-electron chi connectivity index (χ2n) is 3.62. The maximum atomic E-state index is 12.5. The zero-order valence-corrected chi connectivity index (χ0v) is 9.59. The first-order valence-electron chi connectivity index (χ1n) is 4.71. The van der Waals surface area contributed by atoms with Gasteiger partial charge in [0, 0.05) is 15.5 Å². The van der Waals surface area contributed by atoms with E-state index in [-0.39, 0.29) is 0 Å². The van der Waals surface area contributed by atoms with Crippen LogP contribution in [0.4, 0.5) is 18.9 Å². The van der Waals surface area contributed by atoms with Gasteiger partial charge in [0.25, 0.3) is 0 Å². The number of anilines is 1. The minimum Gasteiger partial charge on any atom is -0.358 e. The molecule has 1 N–H and O–H groups in total. The van der Waals surface area contributed by atoms with Gasteiger partial charge in [-0.05, 0) is 32.0 Å². The highest BCUT2D eigenvalue weighted by Crippen LogP contribution is 2.41. The van der Waals surface area contributed by atoms with Gasteiger partial charge in [-0.3, -0.25) is 0 Å². The van der Waals surface area contributed by atoms with E-state index in [0.29, 0.717) is 5.69 Å². The monoisotopic (exact) mass is 245 g/mol. The number of nitrogens with one attached hydrogen (secondary N) is 1. The van der Waals surface area contributed by atoms with E-state index in [1.807, 2.05) is 13.8 Å². The van der Waals surface area contributed by atoms with Crippen LogP contribution < -0.4 is 5.32 Å². The van der Waals surface area contributed by atoms with Crippen LogP contribution in [0.15, 0.2) is 33.7 Å². The molecule has 0 saturated heterocycles. The largest absolute Gasteiger partial charge is 0.416 e. The van der Waals surface area contributed by atoms with Gasteiger partial charge in [-0.2, -0.15) is 13.2 Å². The number of thioether (sulfide) groups is 1. The Morgan fingerprint density at radius 2 is 1.88 bits per heavy atom. The third kappa shape index (κ3) is 2.04. The lowest BCUT2D eigenvalue weighted by Crippen LogP contribution is -2.09. The van der Waals surface area contributed by atoms with Crippen LogP contribution in [0.2, 0.25) is 0 Å². The molecule has 1 aliphatic rings. The molecule has 86 valence electrons. The number of alkyl halides is 3. The summed E-state index contributed by atoms with van der Waals surface area (Å²) in [5.74, 6) is 0. The van der Waals surface area contributed by atoms with Gasteiger partial charge in [-0.25, -0.2) is 0 Å². The first kappa shape index (κ1) is 11.4. The molecule has 2 rings (SSSR count). The second kappa shape index (κ2) is 3.73. The summed E-state index contributed by atoms with van der Waals surface area (Å²) >= 11 is 1.49. The maximum absolute atomic E-state index is 12.5. The van der Waals surface area contributed by atoms with Gasteiger partial charge in [0.2, 0.25) is 0 Å². The van der Waals surface area contributed by atoms with E-state index in [1.54, 1.807) is 0 Å². The number of hydrogen-bond acceptors (Lipinski definition) is 2. The molecule has 1 heterocycles. The highest BCUT2D eigenvalue weighted by molar-refractivity contribution is 8.03. The van der Waals surface area contributed by atoms with Gasteiger partial charge in [-0.1, -0.05) is 11.8 Å². The van der Waals surface area contributed by atoms with Crippen molar-refractivity contribution in [2.75, 3.05) is 5.32 Å². The highest BCUT2D eigenvalue weighted by atomic mass is 32.2. The predicted octanol–water partition coefficient (Wildman–Crippen LogP) is 4.47. The molecule has 1 aromatic carbocycles. The maximum Gasteiger partial charge on any atom is 0.416 e. The van der Waals surface area contributed by atoms with Crippen LogP contribution in [-0.2, 0) is 6.18 Å². The SMILES string of the molecule is CC1=C(C)Sc2ccc(C(F)(F)F)cc2N1. The average molecular weight is 245 g/mol. The lowest BCUT2D eigenvalue weighted by atomic mass is 10.2. The van der Waals surface area contributed by atoms with Crippen LogP contribution in [0.5, 0.6) is 0 Å². The van der Waals surface area contributed by atoms with E-state index in [4.69, 9.17) is 0 Å². The summed E-state index contributed by atoms with van der Waals surface area (Å²) in [6.07, 6.45) is -4.29. The van der Waals surface area contributed by atoms with Crippen molar-refractivity contribution in [3.05, 3.63) is 34.4 Å². The quantitative estimate of drug-likeness (QED) is 0.723. The van der Waals surface area contributed by atoms with Crippen LogP contribution >= 0.6 is 11.8 Å². The molecule has 1 nitrogen and oxygen atoms in total. The predicted molar refractivity (Wildman–Crippen MR) is 59.3 cm³/mol. The Morgan fingerprint density at radius 1 is 1.19 bits per heavy atom. The van der Waals surface area contributed by atoms with E-state index in [0.717, 1.165) is 27.6 Å². The summed E-state index contributed by atoms with van der Waals surface area (Å²) in [5.41, 5.74) is 0.812. The van der Waals surface area contributed by atoms with Crippen molar-refractivity contribution in [1.29, 1.82) is 0 Å². The fourth-order valence-corrected chi connectivity index (χ4v) is 2.31. The lowest BCUT2D eigenvalue weighted by molar-refractivity contribution is -0.137. The van der Waals surface area contributed by atoms with Crippen molar-refractivity contribution in [2.45, 2.75) is 24.9 Å². The summed E-state index contributed by atoms with van der Waals surface area (Å²) in [4.78, 5) is 1.91. The van der Waals surface area contributed by atoms with Gasteiger partial charge < -0.3 is 5.32 Å². The van der Waals surface area contributed by atoms with Crippen LogP contribution in [0.1, 0.15) is 19.4 Å². The molecule has 1 aliphatic heterocycles. The first-order chi connectivity index (χ1) is 7.38. The van der Waals surface area contributed by atoms with Crippen LogP contribution in [0.25, 0.3) is 0 Å².